The van der Waals surface area contributed by atoms with Gasteiger partial charge in [0.1, 0.15) is 0 Å². The molecule has 6 heavy (non-hydrogen) atoms. The zero-order valence-electron chi connectivity index (χ0n) is 4.78. The highest BCUT2D eigenvalue weighted by molar-refractivity contribution is 6.67. The van der Waals surface area contributed by atoms with Crippen LogP contribution >= 0.6 is 0 Å². The minimum atomic E-state index is -0.158. The van der Waals surface area contributed by atoms with Crippen LogP contribution in [-0.2, 0) is 0 Å². The smallest absolute Gasteiger partial charge is 0.0309 e. The van der Waals surface area contributed by atoms with E-state index in [0.717, 1.165) is 0 Å². The van der Waals surface area contributed by atoms with Crippen molar-refractivity contribution >= 4 is 18.3 Å². The highest BCUT2D eigenvalue weighted by atomic mass is 28.3. The average Bonchev–Trinajstić information content (AvgIpc) is 1.35. The molecule has 0 unspecified atom stereocenters. The summed E-state index contributed by atoms with van der Waals surface area (Å²) in [4.78, 5) is 0. The molecule has 0 heterocycles. The van der Waals surface area contributed by atoms with Gasteiger partial charge in [0, 0.05) is 18.3 Å². The van der Waals surface area contributed by atoms with Gasteiger partial charge < -0.3 is 0 Å². The van der Waals surface area contributed by atoms with Crippen molar-refractivity contribution in [2.45, 2.75) is 25.3 Å². The lowest BCUT2D eigenvalue weighted by molar-refractivity contribution is 1.78. The third kappa shape index (κ3) is 4.43. The summed E-state index contributed by atoms with van der Waals surface area (Å²) in [5.41, 5.74) is 1.54. The maximum Gasteiger partial charge on any atom is 0.0309 e. The van der Waals surface area contributed by atoms with Gasteiger partial charge in [-0.05, 0) is 0 Å². The van der Waals surface area contributed by atoms with Gasteiger partial charge in [-0.15, -0.1) is 0 Å². The number of hydrogen-bond acceptors (Lipinski definition) is 0. The number of hydrogen-bond donors (Lipinski definition) is 0. The van der Waals surface area contributed by atoms with Gasteiger partial charge in [-0.1, -0.05) is 25.3 Å². The van der Waals surface area contributed by atoms with Crippen molar-refractivity contribution in [1.29, 1.82) is 0 Å². The Balaban J connectivity index is 2.63. The first-order valence-corrected chi connectivity index (χ1v) is 7.25. The van der Waals surface area contributed by atoms with Gasteiger partial charge in [0.15, 0.2) is 0 Å². The third-order valence-electron chi connectivity index (χ3n) is 0.612. The SMILES string of the molecule is C[Si]C[SiH](C)C. The largest absolute Gasteiger partial charge is 0.0735 e. The van der Waals surface area contributed by atoms with E-state index < -0.39 is 0 Å². The van der Waals surface area contributed by atoms with E-state index >= 15 is 0 Å². The van der Waals surface area contributed by atoms with E-state index in [4.69, 9.17) is 0 Å². The summed E-state index contributed by atoms with van der Waals surface area (Å²) in [6.07, 6.45) is 0. The van der Waals surface area contributed by atoms with Crippen molar-refractivity contribution in [3.05, 3.63) is 0 Å². The Morgan fingerprint density at radius 1 is 1.50 bits per heavy atom. The van der Waals surface area contributed by atoms with E-state index in [-0.39, 0.29) is 8.80 Å². The first kappa shape index (κ1) is 6.43. The van der Waals surface area contributed by atoms with Crippen LogP contribution in [0, 0.1) is 0 Å². The molecule has 0 aliphatic heterocycles. The first-order chi connectivity index (χ1) is 2.77. The van der Waals surface area contributed by atoms with Gasteiger partial charge in [0.2, 0.25) is 0 Å². The molecular weight excluding hydrogens is 104 g/mol. The minimum absolute atomic E-state index is 0.158. The van der Waals surface area contributed by atoms with Crippen LogP contribution in [0.25, 0.3) is 0 Å². The van der Waals surface area contributed by atoms with Gasteiger partial charge in [0.05, 0.1) is 0 Å². The fourth-order valence-electron chi connectivity index (χ4n) is 0.408. The van der Waals surface area contributed by atoms with Gasteiger partial charge in [-0.2, -0.15) is 0 Å². The van der Waals surface area contributed by atoms with Crippen LogP contribution in [0.1, 0.15) is 0 Å². The normalized spacial score (nSPS) is 10.0. The highest BCUT2D eigenvalue weighted by Crippen LogP contribution is 1.84. The van der Waals surface area contributed by atoms with Gasteiger partial charge in [-0.3, -0.25) is 0 Å². The molecule has 0 nitrogen and oxygen atoms in total. The zero-order chi connectivity index (χ0) is 4.99. The minimum Gasteiger partial charge on any atom is -0.0735 e. The molecule has 0 aromatic heterocycles. The van der Waals surface area contributed by atoms with Crippen LogP contribution in [0.4, 0.5) is 0 Å². The van der Waals surface area contributed by atoms with Gasteiger partial charge in [0.25, 0.3) is 0 Å². The maximum absolute atomic E-state index is 2.40. The average molecular weight is 116 g/mol. The first-order valence-electron chi connectivity index (χ1n) is 2.42. The Hall–Kier alpha value is 0.434. The van der Waals surface area contributed by atoms with Crippen molar-refractivity contribution < 1.29 is 0 Å². The van der Waals surface area contributed by atoms with Crippen molar-refractivity contribution in [2.24, 2.45) is 0 Å². The van der Waals surface area contributed by atoms with Crippen LogP contribution < -0.4 is 0 Å². The molecule has 0 spiro atoms. The molecule has 0 saturated carbocycles. The van der Waals surface area contributed by atoms with E-state index in [1.54, 1.807) is 5.67 Å². The van der Waals surface area contributed by atoms with Crippen molar-refractivity contribution in [3.8, 4) is 0 Å². The van der Waals surface area contributed by atoms with Crippen molar-refractivity contribution in [2.75, 3.05) is 0 Å². The second-order valence-electron chi connectivity index (χ2n) is 1.95. The Morgan fingerprint density at radius 3 is 2.00 bits per heavy atom. The summed E-state index contributed by atoms with van der Waals surface area (Å²) < 4.78 is 0. The van der Waals surface area contributed by atoms with E-state index in [1.165, 1.54) is 9.52 Å². The van der Waals surface area contributed by atoms with Crippen LogP contribution in [0.3, 0.4) is 0 Å². The Morgan fingerprint density at radius 2 is 2.00 bits per heavy atom. The van der Waals surface area contributed by atoms with Crippen LogP contribution in [0.5, 0.6) is 0 Å². The second kappa shape index (κ2) is 3.62. The topological polar surface area (TPSA) is 0 Å². The molecule has 0 aliphatic carbocycles. The summed E-state index contributed by atoms with van der Waals surface area (Å²) >= 11 is 0. The fraction of sp³-hybridized carbons (Fsp3) is 1.00. The van der Waals surface area contributed by atoms with Gasteiger partial charge in [-0.25, -0.2) is 0 Å². The molecule has 0 bridgehead atoms. The van der Waals surface area contributed by atoms with Gasteiger partial charge >= 0.3 is 0 Å². The van der Waals surface area contributed by atoms with E-state index in [2.05, 4.69) is 19.6 Å². The summed E-state index contributed by atoms with van der Waals surface area (Å²) in [6.45, 7) is 7.08. The summed E-state index contributed by atoms with van der Waals surface area (Å²) in [5.74, 6) is 0. The highest BCUT2D eigenvalue weighted by Gasteiger charge is 1.88. The maximum atomic E-state index is 2.40. The Labute approximate surface area is 44.4 Å². The molecule has 0 N–H and O–H groups in total. The van der Waals surface area contributed by atoms with E-state index in [9.17, 15) is 0 Å². The lowest BCUT2D eigenvalue weighted by Crippen LogP contribution is -2.01. The third-order valence-corrected chi connectivity index (χ3v) is 5.51. The zero-order valence-corrected chi connectivity index (χ0v) is 6.94. The number of rotatable bonds is 2. The summed E-state index contributed by atoms with van der Waals surface area (Å²) in [5, 5.41) is 0. The standard InChI is InChI=1S/C4H12Si2/c1-5-4-6(2)3/h6H,4H2,1-3H3. The monoisotopic (exact) mass is 116 g/mol. The fourth-order valence-corrected chi connectivity index (χ4v) is 3.67. The molecule has 36 valence electrons. The quantitative estimate of drug-likeness (QED) is 0.475. The predicted molar refractivity (Wildman–Crippen MR) is 35.3 cm³/mol. The van der Waals surface area contributed by atoms with Crippen LogP contribution in [0.2, 0.25) is 25.3 Å². The molecule has 0 amide bonds. The summed E-state index contributed by atoms with van der Waals surface area (Å²) in [6, 6.07) is 0. The van der Waals surface area contributed by atoms with E-state index in [1.807, 2.05) is 0 Å². The molecule has 0 atom stereocenters. The molecular formula is C4H12Si2. The summed E-state index contributed by atoms with van der Waals surface area (Å²) in [7, 11) is 1.04. The lowest BCUT2D eigenvalue weighted by atomic mass is 11.8. The molecule has 0 rings (SSSR count). The molecule has 0 aromatic rings. The predicted octanol–water partition coefficient (Wildman–Crippen LogP) is 1.18. The second-order valence-corrected chi connectivity index (χ2v) is 7.08. The van der Waals surface area contributed by atoms with Crippen molar-refractivity contribution in [1.82, 2.24) is 0 Å². The molecule has 0 fully saturated rings. The van der Waals surface area contributed by atoms with Crippen LogP contribution in [-0.4, -0.2) is 18.3 Å². The van der Waals surface area contributed by atoms with E-state index in [0.29, 0.717) is 0 Å². The molecule has 0 aromatic carbocycles. The molecule has 2 radical (unpaired) electrons. The molecule has 0 aliphatic rings. The molecule has 0 saturated heterocycles. The lowest BCUT2D eigenvalue weighted by Gasteiger charge is -1.92. The van der Waals surface area contributed by atoms with Crippen LogP contribution in [0.15, 0.2) is 0 Å². The Bertz CT molecular complexity index is 26.7. The Kier molecular flexibility index (Phi) is 3.88. The molecule has 2 heteroatoms. The van der Waals surface area contributed by atoms with Crippen molar-refractivity contribution in [3.63, 3.8) is 0 Å².